The molecule has 0 bridgehead atoms. The number of carbonyl (C=O) groups is 2. The van der Waals surface area contributed by atoms with Gasteiger partial charge < -0.3 is 9.80 Å². The lowest BCUT2D eigenvalue weighted by atomic mass is 10.1. The first-order valence-corrected chi connectivity index (χ1v) is 10.9. The predicted molar refractivity (Wildman–Crippen MR) is 119 cm³/mol. The fraction of sp³-hybridized carbons (Fsp3) is 0.292. The number of rotatable bonds is 3. The van der Waals surface area contributed by atoms with Crippen molar-refractivity contribution >= 4 is 23.4 Å². The lowest BCUT2D eigenvalue weighted by molar-refractivity contribution is 0.0618. The van der Waals surface area contributed by atoms with Crippen LogP contribution in [0, 0.1) is 6.92 Å². The highest BCUT2D eigenvalue weighted by Gasteiger charge is 2.45. The van der Waals surface area contributed by atoms with E-state index in [0.29, 0.717) is 29.4 Å². The van der Waals surface area contributed by atoms with Crippen LogP contribution in [0.5, 0.6) is 0 Å². The summed E-state index contributed by atoms with van der Waals surface area (Å²) in [5.41, 5.74) is 3.93. The average molecular weight is 435 g/mol. The molecule has 6 nitrogen and oxygen atoms in total. The lowest BCUT2D eigenvalue weighted by Crippen LogP contribution is -2.41. The van der Waals surface area contributed by atoms with Crippen molar-refractivity contribution in [2.24, 2.45) is 0 Å². The maximum absolute atomic E-state index is 13.5. The van der Waals surface area contributed by atoms with Crippen LogP contribution in [0.25, 0.3) is 5.69 Å². The largest absolute Gasteiger partial charge is 0.337 e. The zero-order valence-corrected chi connectivity index (χ0v) is 18.2. The summed E-state index contributed by atoms with van der Waals surface area (Å²) in [6.07, 6.45) is 0.754. The number of para-hydroxylation sites is 1. The van der Waals surface area contributed by atoms with Crippen LogP contribution in [-0.4, -0.2) is 50.5 Å². The van der Waals surface area contributed by atoms with E-state index < -0.39 is 0 Å². The van der Waals surface area contributed by atoms with Crippen molar-refractivity contribution in [3.05, 3.63) is 82.1 Å². The highest BCUT2D eigenvalue weighted by Crippen LogP contribution is 2.39. The van der Waals surface area contributed by atoms with Crippen molar-refractivity contribution < 1.29 is 9.59 Å². The highest BCUT2D eigenvalue weighted by molar-refractivity contribution is 6.30. The molecule has 1 aromatic heterocycles. The van der Waals surface area contributed by atoms with Crippen LogP contribution in [0.1, 0.15) is 51.5 Å². The van der Waals surface area contributed by atoms with Gasteiger partial charge in [0.1, 0.15) is 5.69 Å². The molecule has 158 valence electrons. The van der Waals surface area contributed by atoms with Crippen molar-refractivity contribution in [3.8, 4) is 5.69 Å². The second kappa shape index (κ2) is 7.54. The quantitative estimate of drug-likeness (QED) is 0.618. The molecule has 3 heterocycles. The molecular weight excluding hydrogens is 412 g/mol. The van der Waals surface area contributed by atoms with E-state index >= 15 is 0 Å². The number of aromatic nitrogens is 2. The minimum Gasteiger partial charge on any atom is -0.337 e. The fourth-order valence-electron chi connectivity index (χ4n) is 4.88. The third-order valence-corrected chi connectivity index (χ3v) is 6.53. The molecule has 0 N–H and O–H groups in total. The third-order valence-electron chi connectivity index (χ3n) is 6.30. The van der Waals surface area contributed by atoms with Crippen LogP contribution in [0.3, 0.4) is 0 Å². The van der Waals surface area contributed by atoms with Crippen LogP contribution in [-0.2, 0) is 0 Å². The van der Waals surface area contributed by atoms with Crippen LogP contribution in [0.2, 0.25) is 5.02 Å². The van der Waals surface area contributed by atoms with Crippen molar-refractivity contribution in [1.29, 1.82) is 0 Å². The van der Waals surface area contributed by atoms with E-state index in [2.05, 4.69) is 12.0 Å². The van der Waals surface area contributed by atoms with Crippen LogP contribution in [0.15, 0.2) is 54.6 Å². The zero-order chi connectivity index (χ0) is 21.7. The third kappa shape index (κ3) is 3.22. The first-order chi connectivity index (χ1) is 15.0. The molecule has 3 aromatic rings. The molecule has 2 amide bonds. The number of hydrogen-bond acceptors (Lipinski definition) is 3. The molecule has 0 aliphatic carbocycles. The molecule has 1 fully saturated rings. The van der Waals surface area contributed by atoms with Gasteiger partial charge in [-0.25, -0.2) is 4.68 Å². The van der Waals surface area contributed by atoms with Crippen molar-refractivity contribution in [2.45, 2.75) is 32.4 Å². The summed E-state index contributed by atoms with van der Waals surface area (Å²) in [5.74, 6) is -0.0672. The summed E-state index contributed by atoms with van der Waals surface area (Å²) in [4.78, 5) is 30.2. The molecule has 2 aromatic carbocycles. The van der Waals surface area contributed by atoms with Gasteiger partial charge in [-0.2, -0.15) is 5.10 Å². The average Bonchev–Trinajstić information content (AvgIpc) is 3.44. The number of halogens is 1. The summed E-state index contributed by atoms with van der Waals surface area (Å²) in [6.45, 7) is 5.14. The number of carbonyl (C=O) groups excluding carboxylic acids is 2. The molecule has 0 saturated carbocycles. The molecule has 7 heteroatoms. The lowest BCUT2D eigenvalue weighted by Gasteiger charge is -2.29. The van der Waals surface area contributed by atoms with E-state index in [4.69, 9.17) is 11.6 Å². The second-order valence-corrected chi connectivity index (χ2v) is 8.62. The van der Waals surface area contributed by atoms with E-state index in [0.717, 1.165) is 23.4 Å². The Kier molecular flexibility index (Phi) is 4.82. The molecule has 0 spiro atoms. The summed E-state index contributed by atoms with van der Waals surface area (Å²) < 4.78 is 1.76. The Hall–Kier alpha value is -3.12. The number of likely N-dealkylation sites (tertiary alicyclic amines) is 1. The highest BCUT2D eigenvalue weighted by atomic mass is 35.5. The molecule has 1 saturated heterocycles. The van der Waals surface area contributed by atoms with Gasteiger partial charge >= 0.3 is 0 Å². The summed E-state index contributed by atoms with van der Waals surface area (Å²) in [6, 6.07) is 16.6. The van der Waals surface area contributed by atoms with Crippen LogP contribution in [0.4, 0.5) is 0 Å². The zero-order valence-electron chi connectivity index (χ0n) is 17.5. The minimum atomic E-state index is -0.0776. The van der Waals surface area contributed by atoms with Crippen molar-refractivity contribution in [3.63, 3.8) is 0 Å². The summed E-state index contributed by atoms with van der Waals surface area (Å²) in [7, 11) is 0. The molecular formula is C24H23ClN4O2. The Morgan fingerprint density at radius 1 is 1.13 bits per heavy atom. The van der Waals surface area contributed by atoms with E-state index in [1.165, 1.54) is 0 Å². The molecule has 2 unspecified atom stereocenters. The Morgan fingerprint density at radius 2 is 1.90 bits per heavy atom. The first kappa shape index (κ1) is 19.8. The van der Waals surface area contributed by atoms with Gasteiger partial charge in [-0.05, 0) is 50.6 Å². The molecule has 0 radical (unpaired) electrons. The molecule has 31 heavy (non-hydrogen) atoms. The van der Waals surface area contributed by atoms with E-state index in [-0.39, 0.29) is 23.9 Å². The minimum absolute atomic E-state index is 0.0194. The number of amides is 2. The molecule has 2 aliphatic rings. The topological polar surface area (TPSA) is 58.4 Å². The normalized spacial score (nSPS) is 20.4. The Morgan fingerprint density at radius 3 is 2.65 bits per heavy atom. The second-order valence-electron chi connectivity index (χ2n) is 8.19. The maximum atomic E-state index is 13.5. The fourth-order valence-corrected chi connectivity index (χ4v) is 5.07. The standard InChI is InChI=1S/C24H23ClN4O2/c1-15-21-16(2)28(24(31)22(21)29(26-15)19-9-4-3-5-10-19)20-11-12-27(14-20)23(30)17-7-6-8-18(25)13-17/h3-10,13,16,20H,11-12,14H2,1-2H3. The van der Waals surface area contributed by atoms with Crippen LogP contribution < -0.4 is 0 Å². The number of nitrogens with zero attached hydrogens (tertiary/aromatic N) is 4. The SMILES string of the molecule is Cc1nn(-c2ccccc2)c2c1C(C)N(C1CCN(C(=O)c3cccc(Cl)c3)C1)C2=O. The summed E-state index contributed by atoms with van der Waals surface area (Å²) >= 11 is 6.05. The number of aryl methyl sites for hydroxylation is 1. The Labute approximate surface area is 186 Å². The molecule has 5 rings (SSSR count). The van der Waals surface area contributed by atoms with Gasteiger partial charge in [0.15, 0.2) is 0 Å². The smallest absolute Gasteiger partial charge is 0.273 e. The van der Waals surface area contributed by atoms with Gasteiger partial charge in [0, 0.05) is 29.2 Å². The number of fused-ring (bicyclic) bond motifs is 1. The van der Waals surface area contributed by atoms with Gasteiger partial charge in [-0.3, -0.25) is 9.59 Å². The van der Waals surface area contributed by atoms with Crippen molar-refractivity contribution in [2.75, 3.05) is 13.1 Å². The first-order valence-electron chi connectivity index (χ1n) is 10.5. The molecule has 2 aliphatic heterocycles. The van der Waals surface area contributed by atoms with E-state index in [1.54, 1.807) is 28.9 Å². The number of benzene rings is 2. The Balaban J connectivity index is 1.41. The van der Waals surface area contributed by atoms with E-state index in [9.17, 15) is 9.59 Å². The van der Waals surface area contributed by atoms with Gasteiger partial charge in [0.25, 0.3) is 11.8 Å². The van der Waals surface area contributed by atoms with Gasteiger partial charge in [0.2, 0.25) is 0 Å². The summed E-state index contributed by atoms with van der Waals surface area (Å²) in [5, 5.41) is 5.19. The van der Waals surface area contributed by atoms with E-state index in [1.807, 2.05) is 47.1 Å². The van der Waals surface area contributed by atoms with Crippen LogP contribution >= 0.6 is 11.6 Å². The maximum Gasteiger partial charge on any atom is 0.273 e. The van der Waals surface area contributed by atoms with Crippen molar-refractivity contribution in [1.82, 2.24) is 19.6 Å². The van der Waals surface area contributed by atoms with Gasteiger partial charge in [0.05, 0.1) is 23.5 Å². The monoisotopic (exact) mass is 434 g/mol. The molecule has 2 atom stereocenters. The predicted octanol–water partition coefficient (Wildman–Crippen LogP) is 4.27. The van der Waals surface area contributed by atoms with Gasteiger partial charge in [-0.1, -0.05) is 35.9 Å². The van der Waals surface area contributed by atoms with Gasteiger partial charge in [-0.15, -0.1) is 0 Å². The Bertz CT molecular complexity index is 1170. The number of hydrogen-bond donors (Lipinski definition) is 0.